The van der Waals surface area contributed by atoms with Crippen LogP contribution >= 0.6 is 0 Å². The van der Waals surface area contributed by atoms with E-state index in [9.17, 15) is 4.79 Å². The molecule has 0 unspecified atom stereocenters. The number of methoxy groups -OCH3 is 1. The molecule has 1 aliphatic rings. The maximum atomic E-state index is 11.5. The van der Waals surface area contributed by atoms with E-state index in [1.807, 2.05) is 0 Å². The molecule has 1 aromatic carbocycles. The lowest BCUT2D eigenvalue weighted by molar-refractivity contribution is 0.113. The van der Waals surface area contributed by atoms with Crippen LogP contribution in [0.1, 0.15) is 38.2 Å². The van der Waals surface area contributed by atoms with E-state index < -0.39 is 0 Å². The van der Waals surface area contributed by atoms with E-state index in [-0.39, 0.29) is 6.09 Å². The van der Waals surface area contributed by atoms with Gasteiger partial charge in [0, 0.05) is 24.8 Å². The Labute approximate surface area is 121 Å². The highest BCUT2D eigenvalue weighted by molar-refractivity contribution is 5.67. The van der Waals surface area contributed by atoms with E-state index in [4.69, 9.17) is 4.74 Å². The summed E-state index contributed by atoms with van der Waals surface area (Å²) in [7, 11) is 1.44. The predicted molar refractivity (Wildman–Crippen MR) is 81.2 cm³/mol. The van der Waals surface area contributed by atoms with Crippen molar-refractivity contribution in [2.24, 2.45) is 0 Å². The van der Waals surface area contributed by atoms with Gasteiger partial charge in [-0.1, -0.05) is 32.0 Å². The summed E-state index contributed by atoms with van der Waals surface area (Å²) >= 11 is 0. The number of nitrogens with zero attached hydrogens (tertiary/aromatic N) is 1. The molecule has 0 aliphatic carbocycles. The topological polar surface area (TPSA) is 41.6 Å². The van der Waals surface area contributed by atoms with Gasteiger partial charge in [-0.05, 0) is 30.4 Å². The Balaban J connectivity index is 1.94. The molecule has 1 saturated heterocycles. The number of hydrogen-bond donors (Lipinski definition) is 1. The zero-order valence-electron chi connectivity index (χ0n) is 12.6. The average Bonchev–Trinajstić information content (AvgIpc) is 2.47. The zero-order chi connectivity index (χ0) is 14.5. The number of rotatable bonds is 3. The van der Waals surface area contributed by atoms with Crippen molar-refractivity contribution >= 4 is 11.8 Å². The van der Waals surface area contributed by atoms with Crippen LogP contribution in [0.4, 0.5) is 10.5 Å². The molecule has 0 atom stereocenters. The van der Waals surface area contributed by atoms with Crippen LogP contribution in [0.15, 0.2) is 24.3 Å². The summed E-state index contributed by atoms with van der Waals surface area (Å²) in [5.41, 5.74) is 2.57. The second-order valence-electron chi connectivity index (χ2n) is 5.62. The lowest BCUT2D eigenvalue weighted by Gasteiger charge is -2.32. The molecule has 4 heteroatoms. The van der Waals surface area contributed by atoms with Gasteiger partial charge in [-0.3, -0.25) is 0 Å². The predicted octanol–water partition coefficient (Wildman–Crippen LogP) is 3.45. The number of para-hydroxylation sites is 1. The van der Waals surface area contributed by atoms with Crippen LogP contribution in [0.25, 0.3) is 0 Å². The van der Waals surface area contributed by atoms with E-state index in [2.05, 4.69) is 43.4 Å². The molecule has 1 heterocycles. The smallest absolute Gasteiger partial charge is 0.409 e. The van der Waals surface area contributed by atoms with Gasteiger partial charge in [-0.25, -0.2) is 4.79 Å². The van der Waals surface area contributed by atoms with Crippen molar-refractivity contribution in [1.29, 1.82) is 0 Å². The van der Waals surface area contributed by atoms with E-state index in [0.29, 0.717) is 12.0 Å². The van der Waals surface area contributed by atoms with Gasteiger partial charge in [0.05, 0.1) is 7.11 Å². The minimum absolute atomic E-state index is 0.217. The molecule has 0 spiro atoms. The lowest BCUT2D eigenvalue weighted by atomic mass is 9.99. The fourth-order valence-corrected chi connectivity index (χ4v) is 2.69. The molecule has 4 nitrogen and oxygen atoms in total. The highest BCUT2D eigenvalue weighted by atomic mass is 16.5. The SMILES string of the molecule is COC(=O)N1CCC(Nc2ccccc2C(C)C)CC1. The van der Waals surface area contributed by atoms with Gasteiger partial charge in [0.2, 0.25) is 0 Å². The van der Waals surface area contributed by atoms with Gasteiger partial charge in [-0.2, -0.15) is 0 Å². The number of carbonyl (C=O) groups excluding carboxylic acids is 1. The van der Waals surface area contributed by atoms with Crippen molar-refractivity contribution in [3.05, 3.63) is 29.8 Å². The van der Waals surface area contributed by atoms with Crippen molar-refractivity contribution in [3.63, 3.8) is 0 Å². The first kappa shape index (κ1) is 14.7. The summed E-state index contributed by atoms with van der Waals surface area (Å²) in [5.74, 6) is 0.508. The van der Waals surface area contributed by atoms with Crippen LogP contribution in [0, 0.1) is 0 Å². The number of amides is 1. The summed E-state index contributed by atoms with van der Waals surface area (Å²) < 4.78 is 4.76. The normalized spacial score (nSPS) is 16.3. The Morgan fingerprint density at radius 3 is 2.55 bits per heavy atom. The molecule has 1 aromatic rings. The molecule has 0 aromatic heterocycles. The minimum atomic E-state index is -0.217. The quantitative estimate of drug-likeness (QED) is 0.919. The van der Waals surface area contributed by atoms with Crippen molar-refractivity contribution < 1.29 is 9.53 Å². The first-order valence-electron chi connectivity index (χ1n) is 7.30. The summed E-state index contributed by atoms with van der Waals surface area (Å²) in [4.78, 5) is 13.2. The van der Waals surface area contributed by atoms with Gasteiger partial charge in [0.25, 0.3) is 0 Å². The maximum absolute atomic E-state index is 11.5. The van der Waals surface area contributed by atoms with E-state index in [1.165, 1.54) is 18.4 Å². The molecule has 1 N–H and O–H groups in total. The van der Waals surface area contributed by atoms with Crippen LogP contribution in [-0.2, 0) is 4.74 Å². The van der Waals surface area contributed by atoms with Gasteiger partial charge in [-0.15, -0.1) is 0 Å². The molecule has 0 bridgehead atoms. The summed E-state index contributed by atoms with van der Waals surface area (Å²) in [6, 6.07) is 8.90. The van der Waals surface area contributed by atoms with Gasteiger partial charge in [0.15, 0.2) is 0 Å². The van der Waals surface area contributed by atoms with E-state index >= 15 is 0 Å². The summed E-state index contributed by atoms with van der Waals surface area (Å²) in [6.07, 6.45) is 1.70. The highest BCUT2D eigenvalue weighted by Crippen LogP contribution is 2.26. The fraction of sp³-hybridized carbons (Fsp3) is 0.562. The number of benzene rings is 1. The molecule has 0 radical (unpaired) electrons. The number of nitrogens with one attached hydrogen (secondary N) is 1. The van der Waals surface area contributed by atoms with Gasteiger partial charge >= 0.3 is 6.09 Å². The molecular formula is C16H24N2O2. The zero-order valence-corrected chi connectivity index (χ0v) is 12.6. The lowest BCUT2D eigenvalue weighted by Crippen LogP contribution is -2.42. The first-order chi connectivity index (χ1) is 9.61. The van der Waals surface area contributed by atoms with Gasteiger partial charge < -0.3 is 15.0 Å². The molecule has 110 valence electrons. The Kier molecular flexibility index (Phi) is 4.88. The standard InChI is InChI=1S/C16H24N2O2/c1-12(2)14-6-4-5-7-15(14)17-13-8-10-18(11-9-13)16(19)20-3/h4-7,12-13,17H,8-11H2,1-3H3. The second-order valence-corrected chi connectivity index (χ2v) is 5.62. The maximum Gasteiger partial charge on any atom is 0.409 e. The number of ether oxygens (including phenoxy) is 1. The van der Waals surface area contributed by atoms with Crippen molar-refractivity contribution in [2.45, 2.75) is 38.6 Å². The van der Waals surface area contributed by atoms with E-state index in [0.717, 1.165) is 25.9 Å². The highest BCUT2D eigenvalue weighted by Gasteiger charge is 2.23. The molecule has 1 fully saturated rings. The van der Waals surface area contributed by atoms with E-state index in [1.54, 1.807) is 4.90 Å². The number of hydrogen-bond acceptors (Lipinski definition) is 3. The minimum Gasteiger partial charge on any atom is -0.453 e. The molecule has 1 aliphatic heterocycles. The number of anilines is 1. The van der Waals surface area contributed by atoms with Crippen molar-refractivity contribution in [2.75, 3.05) is 25.5 Å². The average molecular weight is 276 g/mol. The molecule has 2 rings (SSSR count). The van der Waals surface area contributed by atoms with Crippen LogP contribution < -0.4 is 5.32 Å². The number of piperidine rings is 1. The van der Waals surface area contributed by atoms with Crippen LogP contribution in [0.3, 0.4) is 0 Å². The molecule has 0 saturated carbocycles. The third-order valence-electron chi connectivity index (χ3n) is 3.87. The summed E-state index contributed by atoms with van der Waals surface area (Å²) in [6.45, 7) is 5.93. The molecule has 20 heavy (non-hydrogen) atoms. The molecule has 1 amide bonds. The molecular weight excluding hydrogens is 252 g/mol. The Bertz CT molecular complexity index is 452. The second kappa shape index (κ2) is 6.64. The van der Waals surface area contributed by atoms with Crippen LogP contribution in [-0.4, -0.2) is 37.2 Å². The number of likely N-dealkylation sites (tertiary alicyclic amines) is 1. The van der Waals surface area contributed by atoms with Crippen LogP contribution in [0.5, 0.6) is 0 Å². The Hall–Kier alpha value is -1.71. The Morgan fingerprint density at radius 2 is 1.95 bits per heavy atom. The monoisotopic (exact) mass is 276 g/mol. The Morgan fingerprint density at radius 1 is 1.30 bits per heavy atom. The fourth-order valence-electron chi connectivity index (χ4n) is 2.69. The van der Waals surface area contributed by atoms with Gasteiger partial charge in [0.1, 0.15) is 0 Å². The number of carbonyl (C=O) groups is 1. The van der Waals surface area contributed by atoms with Crippen molar-refractivity contribution in [1.82, 2.24) is 4.90 Å². The summed E-state index contributed by atoms with van der Waals surface area (Å²) in [5, 5.41) is 3.63. The van der Waals surface area contributed by atoms with Crippen molar-refractivity contribution in [3.8, 4) is 0 Å². The van der Waals surface area contributed by atoms with Crippen LogP contribution in [0.2, 0.25) is 0 Å². The third-order valence-corrected chi connectivity index (χ3v) is 3.87. The third kappa shape index (κ3) is 3.44. The largest absolute Gasteiger partial charge is 0.453 e. The first-order valence-corrected chi connectivity index (χ1v) is 7.30.